The first kappa shape index (κ1) is 14.9. The molecule has 1 heterocycles. The van der Waals surface area contributed by atoms with Crippen molar-refractivity contribution >= 4 is 18.3 Å². The number of amides is 1. The van der Waals surface area contributed by atoms with Gasteiger partial charge in [0, 0.05) is 24.7 Å². The summed E-state index contributed by atoms with van der Waals surface area (Å²) in [6.07, 6.45) is 1.95. The molecule has 1 fully saturated rings. The van der Waals surface area contributed by atoms with E-state index in [9.17, 15) is 9.18 Å². The van der Waals surface area contributed by atoms with E-state index in [0.717, 1.165) is 19.4 Å². The zero-order valence-corrected chi connectivity index (χ0v) is 11.2. The lowest BCUT2D eigenvalue weighted by Crippen LogP contribution is -2.39. The molecule has 1 unspecified atom stereocenters. The zero-order chi connectivity index (χ0) is 12.4. The molecule has 0 aromatic heterocycles. The number of carbonyl (C=O) groups excluding carboxylic acids is 1. The number of nitrogens with zero attached hydrogens (tertiary/aromatic N) is 1. The van der Waals surface area contributed by atoms with E-state index >= 15 is 0 Å². The molecule has 18 heavy (non-hydrogen) atoms. The Kier molecular flexibility index (Phi) is 5.11. The number of hydrogen-bond acceptors (Lipinski definition) is 2. The first-order chi connectivity index (χ1) is 8.13. The molecular formula is C13H18ClFN2O. The largest absolute Gasteiger partial charge is 0.334 e. The minimum atomic E-state index is -0.279. The lowest BCUT2D eigenvalue weighted by Gasteiger charge is -2.23. The van der Waals surface area contributed by atoms with E-state index in [1.807, 2.05) is 0 Å². The van der Waals surface area contributed by atoms with Crippen molar-refractivity contribution in [2.24, 2.45) is 5.73 Å². The van der Waals surface area contributed by atoms with Crippen LogP contribution in [-0.2, 0) is 0 Å². The standard InChI is InChI=1S/C13H17FN2O.ClH/c1-9-7-10(4-5-12(9)14)13(17)16-6-2-3-11(16)8-15;/h4-5,7,11H,2-3,6,8,15H2,1H3;1H. The summed E-state index contributed by atoms with van der Waals surface area (Å²) in [7, 11) is 0. The highest BCUT2D eigenvalue weighted by Crippen LogP contribution is 2.20. The Bertz CT molecular complexity index is 439. The lowest BCUT2D eigenvalue weighted by molar-refractivity contribution is 0.0741. The van der Waals surface area contributed by atoms with E-state index in [0.29, 0.717) is 17.7 Å². The van der Waals surface area contributed by atoms with E-state index in [1.165, 1.54) is 12.1 Å². The van der Waals surface area contributed by atoms with Crippen molar-refractivity contribution in [2.45, 2.75) is 25.8 Å². The van der Waals surface area contributed by atoms with Crippen LogP contribution < -0.4 is 5.73 Å². The van der Waals surface area contributed by atoms with Crippen LogP contribution in [-0.4, -0.2) is 29.9 Å². The van der Waals surface area contributed by atoms with E-state index in [4.69, 9.17) is 5.73 Å². The van der Waals surface area contributed by atoms with Gasteiger partial charge in [-0.25, -0.2) is 4.39 Å². The van der Waals surface area contributed by atoms with Crippen LogP contribution in [0.15, 0.2) is 18.2 Å². The van der Waals surface area contributed by atoms with Gasteiger partial charge in [-0.3, -0.25) is 4.79 Å². The summed E-state index contributed by atoms with van der Waals surface area (Å²) in [6, 6.07) is 4.61. The van der Waals surface area contributed by atoms with Crippen LogP contribution in [0, 0.1) is 12.7 Å². The highest BCUT2D eigenvalue weighted by Gasteiger charge is 2.28. The third kappa shape index (κ3) is 2.82. The van der Waals surface area contributed by atoms with Gasteiger partial charge in [0.15, 0.2) is 0 Å². The van der Waals surface area contributed by atoms with Crippen LogP contribution >= 0.6 is 12.4 Å². The lowest BCUT2D eigenvalue weighted by atomic mass is 10.1. The molecule has 0 aliphatic carbocycles. The number of carbonyl (C=O) groups is 1. The zero-order valence-electron chi connectivity index (χ0n) is 10.4. The minimum absolute atomic E-state index is 0. The van der Waals surface area contributed by atoms with E-state index in [2.05, 4.69) is 0 Å². The maximum Gasteiger partial charge on any atom is 0.254 e. The average Bonchev–Trinajstić information content (AvgIpc) is 2.80. The normalized spacial score (nSPS) is 18.6. The molecule has 1 aliphatic rings. The number of hydrogen-bond donors (Lipinski definition) is 1. The van der Waals surface area contributed by atoms with E-state index < -0.39 is 0 Å². The summed E-state index contributed by atoms with van der Waals surface area (Å²) >= 11 is 0. The van der Waals surface area contributed by atoms with Gasteiger partial charge >= 0.3 is 0 Å². The van der Waals surface area contributed by atoms with Crippen LogP contribution in [0.5, 0.6) is 0 Å². The molecule has 100 valence electrons. The van der Waals surface area contributed by atoms with Crippen LogP contribution in [0.1, 0.15) is 28.8 Å². The number of aryl methyl sites for hydroxylation is 1. The highest BCUT2D eigenvalue weighted by molar-refractivity contribution is 5.94. The Hall–Kier alpha value is -1.13. The molecule has 1 atom stereocenters. The second-order valence-corrected chi connectivity index (χ2v) is 4.49. The monoisotopic (exact) mass is 272 g/mol. The van der Waals surface area contributed by atoms with Gasteiger partial charge in [0.1, 0.15) is 5.82 Å². The van der Waals surface area contributed by atoms with Gasteiger partial charge in [-0.05, 0) is 43.5 Å². The maximum absolute atomic E-state index is 13.1. The van der Waals surface area contributed by atoms with Crippen molar-refractivity contribution in [1.29, 1.82) is 0 Å². The summed E-state index contributed by atoms with van der Waals surface area (Å²) in [4.78, 5) is 14.0. The van der Waals surface area contributed by atoms with Crippen molar-refractivity contribution < 1.29 is 9.18 Å². The van der Waals surface area contributed by atoms with Gasteiger partial charge in [-0.15, -0.1) is 12.4 Å². The molecule has 3 nitrogen and oxygen atoms in total. The Labute approximate surface area is 113 Å². The van der Waals surface area contributed by atoms with Crippen LogP contribution in [0.4, 0.5) is 4.39 Å². The molecule has 2 N–H and O–H groups in total. The molecule has 0 saturated carbocycles. The van der Waals surface area contributed by atoms with Crippen molar-refractivity contribution in [2.75, 3.05) is 13.1 Å². The molecule has 1 amide bonds. The molecule has 1 aromatic rings. The Balaban J connectivity index is 0.00000162. The maximum atomic E-state index is 13.1. The Morgan fingerprint density at radius 1 is 1.56 bits per heavy atom. The summed E-state index contributed by atoms with van der Waals surface area (Å²) < 4.78 is 13.1. The molecule has 1 aromatic carbocycles. The molecule has 1 aliphatic heterocycles. The number of nitrogens with two attached hydrogens (primary N) is 1. The van der Waals surface area contributed by atoms with Gasteiger partial charge in [-0.2, -0.15) is 0 Å². The molecule has 0 radical (unpaired) electrons. The quantitative estimate of drug-likeness (QED) is 0.896. The predicted octanol–water partition coefficient (Wildman–Crippen LogP) is 2.12. The molecule has 0 bridgehead atoms. The Morgan fingerprint density at radius 2 is 2.28 bits per heavy atom. The fraction of sp³-hybridized carbons (Fsp3) is 0.462. The fourth-order valence-corrected chi connectivity index (χ4v) is 2.29. The van der Waals surface area contributed by atoms with Crippen molar-refractivity contribution in [1.82, 2.24) is 4.90 Å². The SMILES string of the molecule is Cc1cc(C(=O)N2CCCC2CN)ccc1F.Cl. The minimum Gasteiger partial charge on any atom is -0.334 e. The number of halogens is 2. The summed E-state index contributed by atoms with van der Waals surface area (Å²) in [6.45, 7) is 2.90. The Morgan fingerprint density at radius 3 is 2.89 bits per heavy atom. The molecule has 0 spiro atoms. The fourth-order valence-electron chi connectivity index (χ4n) is 2.29. The van der Waals surface area contributed by atoms with E-state index in [1.54, 1.807) is 17.9 Å². The van der Waals surface area contributed by atoms with Gasteiger partial charge in [0.2, 0.25) is 0 Å². The first-order valence-corrected chi connectivity index (χ1v) is 5.90. The van der Waals surface area contributed by atoms with Gasteiger partial charge in [0.25, 0.3) is 5.91 Å². The molecular weight excluding hydrogens is 255 g/mol. The average molecular weight is 273 g/mol. The van der Waals surface area contributed by atoms with E-state index in [-0.39, 0.29) is 30.2 Å². The van der Waals surface area contributed by atoms with Gasteiger partial charge in [-0.1, -0.05) is 0 Å². The van der Waals surface area contributed by atoms with Crippen molar-refractivity contribution in [3.63, 3.8) is 0 Å². The van der Waals surface area contributed by atoms with Crippen LogP contribution in [0.25, 0.3) is 0 Å². The van der Waals surface area contributed by atoms with Crippen LogP contribution in [0.3, 0.4) is 0 Å². The second-order valence-electron chi connectivity index (χ2n) is 4.49. The predicted molar refractivity (Wildman–Crippen MR) is 71.5 cm³/mol. The second kappa shape index (κ2) is 6.16. The van der Waals surface area contributed by atoms with Crippen molar-refractivity contribution in [3.05, 3.63) is 35.1 Å². The van der Waals surface area contributed by atoms with Crippen LogP contribution in [0.2, 0.25) is 0 Å². The third-order valence-electron chi connectivity index (χ3n) is 3.31. The summed E-state index contributed by atoms with van der Waals surface area (Å²) in [5, 5.41) is 0. The molecule has 2 rings (SSSR count). The molecule has 1 saturated heterocycles. The number of likely N-dealkylation sites (tertiary alicyclic amines) is 1. The summed E-state index contributed by atoms with van der Waals surface area (Å²) in [5.41, 5.74) is 6.69. The highest BCUT2D eigenvalue weighted by atomic mass is 35.5. The van der Waals surface area contributed by atoms with Crippen molar-refractivity contribution in [3.8, 4) is 0 Å². The number of rotatable bonds is 2. The van der Waals surface area contributed by atoms with Gasteiger partial charge in [0.05, 0.1) is 0 Å². The van der Waals surface area contributed by atoms with Gasteiger partial charge < -0.3 is 10.6 Å². The smallest absolute Gasteiger partial charge is 0.254 e. The molecule has 5 heteroatoms. The topological polar surface area (TPSA) is 46.3 Å². The summed E-state index contributed by atoms with van der Waals surface area (Å²) in [5.74, 6) is -0.320. The third-order valence-corrected chi connectivity index (χ3v) is 3.31. The number of benzene rings is 1. The first-order valence-electron chi connectivity index (χ1n) is 5.90.